The van der Waals surface area contributed by atoms with Gasteiger partial charge in [0.2, 0.25) is 0 Å². The topological polar surface area (TPSA) is 56.5 Å². The minimum atomic E-state index is -0.466. The average Bonchev–Trinajstić information content (AvgIpc) is 2.76. The van der Waals surface area contributed by atoms with Crippen molar-refractivity contribution in [3.63, 3.8) is 0 Å². The summed E-state index contributed by atoms with van der Waals surface area (Å²) in [6.45, 7) is 2.02. The number of esters is 1. The molecular formula is C14H14O4. The van der Waals surface area contributed by atoms with Crippen LogP contribution in [-0.2, 0) is 20.7 Å². The maximum absolute atomic E-state index is 11.6. The van der Waals surface area contributed by atoms with Gasteiger partial charge in [0.1, 0.15) is 17.8 Å². The summed E-state index contributed by atoms with van der Waals surface area (Å²) in [5, 5.41) is 0.955. The number of rotatable bonds is 5. The fourth-order valence-corrected chi connectivity index (χ4v) is 1.79. The third-order valence-corrected chi connectivity index (χ3v) is 2.56. The summed E-state index contributed by atoms with van der Waals surface area (Å²) in [4.78, 5) is 22.8. The maximum Gasteiger partial charge on any atom is 0.313 e. The first-order chi connectivity index (χ1) is 8.69. The molecule has 0 saturated heterocycles. The van der Waals surface area contributed by atoms with E-state index in [-0.39, 0.29) is 18.6 Å². The van der Waals surface area contributed by atoms with Gasteiger partial charge in [-0.2, -0.15) is 0 Å². The monoisotopic (exact) mass is 246 g/mol. The lowest BCUT2D eigenvalue weighted by atomic mass is 10.1. The quantitative estimate of drug-likeness (QED) is 0.600. The first kappa shape index (κ1) is 12.4. The van der Waals surface area contributed by atoms with Crippen LogP contribution in [-0.4, -0.2) is 18.4 Å². The summed E-state index contributed by atoms with van der Waals surface area (Å²) >= 11 is 0. The molecule has 0 spiro atoms. The highest BCUT2D eigenvalue weighted by atomic mass is 16.5. The number of hydrogen-bond donors (Lipinski definition) is 0. The van der Waals surface area contributed by atoms with E-state index in [1.165, 1.54) is 0 Å². The van der Waals surface area contributed by atoms with Crippen molar-refractivity contribution in [1.29, 1.82) is 0 Å². The minimum absolute atomic E-state index is 0.142. The molecule has 0 aliphatic heterocycles. The molecule has 1 aromatic carbocycles. The van der Waals surface area contributed by atoms with Gasteiger partial charge in [0.25, 0.3) is 0 Å². The van der Waals surface area contributed by atoms with E-state index < -0.39 is 5.97 Å². The van der Waals surface area contributed by atoms with E-state index in [2.05, 4.69) is 0 Å². The average molecular weight is 246 g/mol. The maximum atomic E-state index is 11.6. The molecule has 94 valence electrons. The predicted molar refractivity (Wildman–Crippen MR) is 66.2 cm³/mol. The SMILES string of the molecule is CCOC(=O)CC(=O)Cc1ccc2occc2c1. The van der Waals surface area contributed by atoms with Gasteiger partial charge in [-0.25, -0.2) is 0 Å². The minimum Gasteiger partial charge on any atom is -0.466 e. The molecule has 4 nitrogen and oxygen atoms in total. The molecule has 0 aliphatic carbocycles. The Balaban J connectivity index is 2.00. The Labute approximate surface area is 105 Å². The Kier molecular flexibility index (Phi) is 3.77. The highest BCUT2D eigenvalue weighted by Gasteiger charge is 2.11. The van der Waals surface area contributed by atoms with Crippen LogP contribution in [0.5, 0.6) is 0 Å². The van der Waals surface area contributed by atoms with Crippen LogP contribution in [0.25, 0.3) is 11.0 Å². The molecule has 2 rings (SSSR count). The fourth-order valence-electron chi connectivity index (χ4n) is 1.79. The van der Waals surface area contributed by atoms with Crippen LogP contribution >= 0.6 is 0 Å². The van der Waals surface area contributed by atoms with Gasteiger partial charge in [0.15, 0.2) is 0 Å². The fraction of sp³-hybridized carbons (Fsp3) is 0.286. The molecule has 0 atom stereocenters. The van der Waals surface area contributed by atoms with E-state index in [0.29, 0.717) is 6.61 Å². The second-order valence-corrected chi connectivity index (χ2v) is 3.99. The van der Waals surface area contributed by atoms with Crippen LogP contribution in [0.3, 0.4) is 0 Å². The normalized spacial score (nSPS) is 10.5. The van der Waals surface area contributed by atoms with Gasteiger partial charge in [-0.05, 0) is 30.7 Å². The summed E-state index contributed by atoms with van der Waals surface area (Å²) in [5.74, 6) is -0.608. The molecule has 0 radical (unpaired) electrons. The van der Waals surface area contributed by atoms with Crippen molar-refractivity contribution >= 4 is 22.7 Å². The largest absolute Gasteiger partial charge is 0.466 e. The van der Waals surface area contributed by atoms with Gasteiger partial charge in [0.05, 0.1) is 12.9 Å². The Morgan fingerprint density at radius 2 is 2.11 bits per heavy atom. The van der Waals surface area contributed by atoms with Crippen LogP contribution in [0.1, 0.15) is 18.9 Å². The molecular weight excluding hydrogens is 232 g/mol. The second kappa shape index (κ2) is 5.49. The van der Waals surface area contributed by atoms with E-state index in [0.717, 1.165) is 16.5 Å². The molecule has 0 unspecified atom stereocenters. The lowest BCUT2D eigenvalue weighted by Gasteiger charge is -2.02. The Hall–Kier alpha value is -2.10. The summed E-state index contributed by atoms with van der Waals surface area (Å²) in [5.41, 5.74) is 1.66. The molecule has 0 amide bonds. The van der Waals surface area contributed by atoms with Gasteiger partial charge < -0.3 is 9.15 Å². The van der Waals surface area contributed by atoms with Crippen LogP contribution < -0.4 is 0 Å². The van der Waals surface area contributed by atoms with Crippen LogP contribution in [0.4, 0.5) is 0 Å². The number of benzene rings is 1. The number of hydrogen-bond acceptors (Lipinski definition) is 4. The molecule has 18 heavy (non-hydrogen) atoms. The Morgan fingerprint density at radius 3 is 2.89 bits per heavy atom. The highest BCUT2D eigenvalue weighted by molar-refractivity contribution is 5.96. The molecule has 1 heterocycles. The second-order valence-electron chi connectivity index (χ2n) is 3.99. The van der Waals surface area contributed by atoms with Gasteiger partial charge in [-0.1, -0.05) is 6.07 Å². The zero-order valence-corrected chi connectivity index (χ0v) is 10.1. The third-order valence-electron chi connectivity index (χ3n) is 2.56. The smallest absolute Gasteiger partial charge is 0.313 e. The number of carbonyl (C=O) groups excluding carboxylic acids is 2. The predicted octanol–water partition coefficient (Wildman–Crippen LogP) is 2.50. The van der Waals surface area contributed by atoms with E-state index >= 15 is 0 Å². The van der Waals surface area contributed by atoms with Crippen LogP contribution in [0.2, 0.25) is 0 Å². The molecule has 0 saturated carbocycles. The van der Waals surface area contributed by atoms with E-state index in [1.807, 2.05) is 24.3 Å². The van der Waals surface area contributed by atoms with Crippen molar-refractivity contribution in [3.05, 3.63) is 36.1 Å². The molecule has 1 aromatic heterocycles. The van der Waals surface area contributed by atoms with Crippen molar-refractivity contribution in [1.82, 2.24) is 0 Å². The summed E-state index contributed by atoms with van der Waals surface area (Å²) in [6, 6.07) is 7.38. The molecule has 0 aliphatic rings. The summed E-state index contributed by atoms with van der Waals surface area (Å²) in [7, 11) is 0. The standard InChI is InChI=1S/C14H14O4/c1-2-17-14(16)9-12(15)8-10-3-4-13-11(7-10)5-6-18-13/h3-7H,2,8-9H2,1H3. The third kappa shape index (κ3) is 2.97. The summed E-state index contributed by atoms with van der Waals surface area (Å²) < 4.78 is 9.95. The Morgan fingerprint density at radius 1 is 1.28 bits per heavy atom. The molecule has 0 N–H and O–H groups in total. The summed E-state index contributed by atoms with van der Waals surface area (Å²) in [6.07, 6.45) is 1.67. The zero-order valence-electron chi connectivity index (χ0n) is 10.1. The number of fused-ring (bicyclic) bond motifs is 1. The van der Waals surface area contributed by atoms with E-state index in [9.17, 15) is 9.59 Å². The van der Waals surface area contributed by atoms with Gasteiger partial charge >= 0.3 is 5.97 Å². The first-order valence-electron chi connectivity index (χ1n) is 5.82. The van der Waals surface area contributed by atoms with Gasteiger partial charge in [-0.15, -0.1) is 0 Å². The van der Waals surface area contributed by atoms with E-state index in [1.54, 1.807) is 13.2 Å². The molecule has 4 heteroatoms. The number of ketones is 1. The zero-order chi connectivity index (χ0) is 13.0. The van der Waals surface area contributed by atoms with Crippen molar-refractivity contribution in [2.45, 2.75) is 19.8 Å². The molecule has 2 aromatic rings. The number of furan rings is 1. The molecule has 0 bridgehead atoms. The van der Waals surface area contributed by atoms with Crippen LogP contribution in [0, 0.1) is 0 Å². The van der Waals surface area contributed by atoms with Crippen molar-refractivity contribution in [2.24, 2.45) is 0 Å². The van der Waals surface area contributed by atoms with Gasteiger partial charge in [-0.3, -0.25) is 9.59 Å². The number of Topliss-reactive ketones (excluding diaryl/α,β-unsaturated/α-hetero) is 1. The van der Waals surface area contributed by atoms with Crippen molar-refractivity contribution in [2.75, 3.05) is 6.61 Å². The number of carbonyl (C=O) groups is 2. The van der Waals surface area contributed by atoms with Crippen molar-refractivity contribution < 1.29 is 18.7 Å². The first-order valence-corrected chi connectivity index (χ1v) is 5.82. The van der Waals surface area contributed by atoms with Crippen molar-refractivity contribution in [3.8, 4) is 0 Å². The highest BCUT2D eigenvalue weighted by Crippen LogP contribution is 2.17. The Bertz CT molecular complexity index is 568. The van der Waals surface area contributed by atoms with Gasteiger partial charge in [0, 0.05) is 11.8 Å². The lowest BCUT2D eigenvalue weighted by Crippen LogP contribution is -2.12. The lowest BCUT2D eigenvalue weighted by molar-refractivity contribution is -0.145. The van der Waals surface area contributed by atoms with Crippen LogP contribution in [0.15, 0.2) is 34.9 Å². The number of ether oxygens (including phenoxy) is 1. The molecule has 0 fully saturated rings. The van der Waals surface area contributed by atoms with E-state index in [4.69, 9.17) is 9.15 Å².